The molecule has 0 aliphatic heterocycles. The molecule has 0 spiro atoms. The van der Waals surface area contributed by atoms with Crippen molar-refractivity contribution >= 4 is 61.2 Å². The van der Waals surface area contributed by atoms with Gasteiger partial charge in [0.15, 0.2) is 11.6 Å². The molecule has 0 N–H and O–H groups in total. The van der Waals surface area contributed by atoms with E-state index in [0.717, 1.165) is 12.2 Å². The molecule has 0 unspecified atom stereocenters. The molecule has 0 saturated carbocycles. The largest absolute Gasteiger partial charge is 2.00 e. The van der Waals surface area contributed by atoms with Crippen molar-refractivity contribution in [2.24, 2.45) is 0 Å². The van der Waals surface area contributed by atoms with Crippen molar-refractivity contribution in [3.05, 3.63) is 95.1 Å². The standard InChI is InChI=1S/2C11H10O3.Ca/c2*1-8(11(13)14)7-10(12)9-5-3-2-4-6-9;/h2*2-7H,1H3,(H,13,14);/q;;+2/p-2. The van der Waals surface area contributed by atoms with Gasteiger partial charge in [0, 0.05) is 11.1 Å². The van der Waals surface area contributed by atoms with Crippen LogP contribution in [0.15, 0.2) is 84.0 Å². The molecule has 2 aromatic carbocycles. The maximum absolute atomic E-state index is 11.4. The topological polar surface area (TPSA) is 114 Å². The van der Waals surface area contributed by atoms with Gasteiger partial charge in [-0.1, -0.05) is 60.7 Å². The first-order chi connectivity index (χ1) is 13.2. The van der Waals surface area contributed by atoms with Crippen LogP contribution < -0.4 is 10.2 Å². The monoisotopic (exact) mass is 418 g/mol. The van der Waals surface area contributed by atoms with Crippen molar-refractivity contribution in [2.45, 2.75) is 13.8 Å². The maximum atomic E-state index is 11.4. The molecule has 2 aromatic rings. The minimum absolute atomic E-state index is 0. The smallest absolute Gasteiger partial charge is 0.545 e. The van der Waals surface area contributed by atoms with Crippen LogP contribution in [0.5, 0.6) is 0 Å². The van der Waals surface area contributed by atoms with Crippen molar-refractivity contribution in [3.63, 3.8) is 0 Å². The van der Waals surface area contributed by atoms with E-state index in [2.05, 4.69) is 0 Å². The van der Waals surface area contributed by atoms with Crippen molar-refractivity contribution in [1.29, 1.82) is 0 Å². The number of carboxylic acid groups (broad SMARTS) is 2. The fourth-order valence-corrected chi connectivity index (χ4v) is 1.88. The molecule has 0 fully saturated rings. The van der Waals surface area contributed by atoms with Gasteiger partial charge in [-0.05, 0) is 37.1 Å². The van der Waals surface area contributed by atoms with Crippen molar-refractivity contribution in [3.8, 4) is 0 Å². The summed E-state index contributed by atoms with van der Waals surface area (Å²) in [5.74, 6) is -3.30. The molecule has 0 amide bonds. The second-order valence-corrected chi connectivity index (χ2v) is 5.69. The van der Waals surface area contributed by atoms with Gasteiger partial charge in [0.1, 0.15) is 0 Å². The Balaban J connectivity index is 0.000000523. The van der Waals surface area contributed by atoms with E-state index in [1.165, 1.54) is 13.8 Å². The average Bonchev–Trinajstić information content (AvgIpc) is 2.69. The summed E-state index contributed by atoms with van der Waals surface area (Å²) in [6.45, 7) is 2.66. The normalized spacial score (nSPS) is 10.7. The quantitative estimate of drug-likeness (QED) is 0.388. The second-order valence-electron chi connectivity index (χ2n) is 5.69. The number of ketones is 2. The van der Waals surface area contributed by atoms with E-state index in [0.29, 0.717) is 11.1 Å². The Hall–Kier alpha value is -2.54. The third-order valence-corrected chi connectivity index (χ3v) is 3.46. The second kappa shape index (κ2) is 13.6. The SMILES string of the molecule is CC(=CC(=O)c1ccccc1)C(=O)[O-].CC(=CC(=O)c1ccccc1)C(=O)[O-].[Ca+2]. The molecule has 0 saturated heterocycles. The summed E-state index contributed by atoms with van der Waals surface area (Å²) in [7, 11) is 0. The van der Waals surface area contributed by atoms with Gasteiger partial charge >= 0.3 is 37.7 Å². The van der Waals surface area contributed by atoms with Crippen LogP contribution in [0.3, 0.4) is 0 Å². The number of carboxylic acids is 2. The number of aliphatic carboxylic acids is 2. The Morgan fingerprint density at radius 3 is 1.14 bits per heavy atom. The summed E-state index contributed by atoms with van der Waals surface area (Å²) in [6, 6.07) is 16.9. The van der Waals surface area contributed by atoms with Gasteiger partial charge in [-0.15, -0.1) is 0 Å². The molecular formula is C22H18CaO6. The molecule has 0 aromatic heterocycles. The summed E-state index contributed by atoms with van der Waals surface area (Å²) in [6.07, 6.45) is 2.12. The number of carbonyl (C=O) groups is 4. The molecule has 29 heavy (non-hydrogen) atoms. The van der Waals surface area contributed by atoms with Gasteiger partial charge in [0.05, 0.1) is 11.9 Å². The average molecular weight is 418 g/mol. The van der Waals surface area contributed by atoms with E-state index in [4.69, 9.17) is 0 Å². The Bertz CT molecular complexity index is 837. The van der Waals surface area contributed by atoms with Crippen LogP contribution in [0, 0.1) is 0 Å². The fraction of sp³-hybridized carbons (Fsp3) is 0.0909. The molecule has 0 atom stereocenters. The van der Waals surface area contributed by atoms with Gasteiger partial charge in [0.25, 0.3) is 0 Å². The molecule has 6 nitrogen and oxygen atoms in total. The molecule has 0 radical (unpaired) electrons. The van der Waals surface area contributed by atoms with E-state index < -0.39 is 11.9 Å². The van der Waals surface area contributed by atoms with Gasteiger partial charge in [-0.2, -0.15) is 0 Å². The van der Waals surface area contributed by atoms with Crippen molar-refractivity contribution in [2.75, 3.05) is 0 Å². The third kappa shape index (κ3) is 9.99. The van der Waals surface area contributed by atoms with Crippen LogP contribution in [-0.2, 0) is 9.59 Å². The number of carbonyl (C=O) groups excluding carboxylic acids is 4. The van der Waals surface area contributed by atoms with Crippen LogP contribution in [0.25, 0.3) is 0 Å². The Morgan fingerprint density at radius 2 is 0.897 bits per heavy atom. The van der Waals surface area contributed by atoms with Crippen molar-refractivity contribution in [1.82, 2.24) is 0 Å². The van der Waals surface area contributed by atoms with Crippen LogP contribution in [0.4, 0.5) is 0 Å². The van der Waals surface area contributed by atoms with Crippen LogP contribution in [-0.4, -0.2) is 61.2 Å². The first-order valence-corrected chi connectivity index (χ1v) is 8.20. The van der Waals surface area contributed by atoms with E-state index in [1.54, 1.807) is 60.7 Å². The molecule has 2 rings (SSSR count). The summed E-state index contributed by atoms with van der Waals surface area (Å²) in [4.78, 5) is 43.5. The van der Waals surface area contributed by atoms with Crippen molar-refractivity contribution < 1.29 is 29.4 Å². The fourth-order valence-electron chi connectivity index (χ4n) is 1.88. The molecule has 0 aliphatic rings. The zero-order valence-electron chi connectivity index (χ0n) is 16.1. The minimum atomic E-state index is -1.32. The summed E-state index contributed by atoms with van der Waals surface area (Å²) >= 11 is 0. The van der Waals surface area contributed by atoms with E-state index in [9.17, 15) is 29.4 Å². The molecule has 0 aliphatic carbocycles. The zero-order valence-corrected chi connectivity index (χ0v) is 18.3. The predicted molar refractivity (Wildman–Crippen MR) is 105 cm³/mol. The van der Waals surface area contributed by atoms with Crippen LogP contribution in [0.2, 0.25) is 0 Å². The van der Waals surface area contributed by atoms with E-state index in [1.807, 2.05) is 0 Å². The Kier molecular flexibility index (Phi) is 12.4. The maximum Gasteiger partial charge on any atom is 2.00 e. The van der Waals surface area contributed by atoms with Gasteiger partial charge in [-0.3, -0.25) is 9.59 Å². The first kappa shape index (κ1) is 26.5. The number of hydrogen-bond acceptors (Lipinski definition) is 6. The van der Waals surface area contributed by atoms with Gasteiger partial charge in [0.2, 0.25) is 0 Å². The van der Waals surface area contributed by atoms with Gasteiger partial charge < -0.3 is 19.8 Å². The summed E-state index contributed by atoms with van der Waals surface area (Å²) < 4.78 is 0. The Morgan fingerprint density at radius 1 is 0.621 bits per heavy atom. The summed E-state index contributed by atoms with van der Waals surface area (Å²) in [5.41, 5.74) is 0.791. The molecular weight excluding hydrogens is 400 g/mol. The number of rotatable bonds is 6. The molecule has 144 valence electrons. The van der Waals surface area contributed by atoms with Crippen LogP contribution in [0.1, 0.15) is 34.6 Å². The van der Waals surface area contributed by atoms with E-state index >= 15 is 0 Å². The zero-order chi connectivity index (χ0) is 21.1. The van der Waals surface area contributed by atoms with E-state index in [-0.39, 0.29) is 60.5 Å². The summed E-state index contributed by atoms with van der Waals surface area (Å²) in [5, 5.41) is 20.7. The van der Waals surface area contributed by atoms with Gasteiger partial charge in [-0.25, -0.2) is 0 Å². The third-order valence-electron chi connectivity index (χ3n) is 3.46. The molecule has 0 bridgehead atoms. The molecule has 0 heterocycles. The predicted octanol–water partition coefficient (Wildman–Crippen LogP) is 0.750. The minimum Gasteiger partial charge on any atom is -0.545 e. The molecule has 7 heteroatoms. The number of hydrogen-bond donors (Lipinski definition) is 0. The Labute approximate surface area is 198 Å². The first-order valence-electron chi connectivity index (χ1n) is 8.20. The number of benzene rings is 2. The number of allylic oxidation sites excluding steroid dienone is 2. The van der Waals surface area contributed by atoms with Crippen LogP contribution >= 0.6 is 0 Å².